The average Bonchev–Trinajstić information content (AvgIpc) is 3.22. The Labute approximate surface area is 168 Å². The zero-order valence-electron chi connectivity index (χ0n) is 16.6. The van der Waals surface area contributed by atoms with E-state index >= 15 is 0 Å². The van der Waals surface area contributed by atoms with E-state index in [1.54, 1.807) is 56.7 Å². The van der Waals surface area contributed by atoms with Crippen molar-refractivity contribution in [2.45, 2.75) is 19.8 Å². The molecule has 3 aromatic rings. The molecular formula is C21H23N3O5. The molecule has 8 heteroatoms. The highest BCUT2D eigenvalue weighted by atomic mass is 16.6. The summed E-state index contributed by atoms with van der Waals surface area (Å²) in [7, 11) is 3.10. The van der Waals surface area contributed by atoms with Gasteiger partial charge in [0, 0.05) is 11.1 Å². The minimum atomic E-state index is -0.331. The lowest BCUT2D eigenvalue weighted by atomic mass is 10.1. The third-order valence-electron chi connectivity index (χ3n) is 4.26. The molecule has 1 aromatic heterocycles. The van der Waals surface area contributed by atoms with Crippen LogP contribution in [0.3, 0.4) is 0 Å². The summed E-state index contributed by atoms with van der Waals surface area (Å²) < 4.78 is 21.0. The Bertz CT molecular complexity index is 953. The van der Waals surface area contributed by atoms with E-state index in [4.69, 9.17) is 18.8 Å². The van der Waals surface area contributed by atoms with Gasteiger partial charge in [0.2, 0.25) is 5.82 Å². The highest BCUT2D eigenvalue weighted by Gasteiger charge is 2.18. The molecule has 0 unspecified atom stereocenters. The van der Waals surface area contributed by atoms with Gasteiger partial charge in [-0.05, 0) is 59.2 Å². The van der Waals surface area contributed by atoms with Crippen molar-refractivity contribution in [2.24, 2.45) is 0 Å². The van der Waals surface area contributed by atoms with Crippen LogP contribution in [0.4, 0.5) is 5.82 Å². The summed E-state index contributed by atoms with van der Waals surface area (Å²) >= 11 is 0. The van der Waals surface area contributed by atoms with Crippen LogP contribution in [0, 0.1) is 0 Å². The van der Waals surface area contributed by atoms with Crippen LogP contribution in [0.2, 0.25) is 0 Å². The molecule has 1 amide bonds. The van der Waals surface area contributed by atoms with Crippen molar-refractivity contribution < 1.29 is 23.6 Å². The second kappa shape index (κ2) is 9.59. The number of hydrogen-bond donors (Lipinski definition) is 1. The minimum Gasteiger partial charge on any atom is -0.494 e. The second-order valence-corrected chi connectivity index (χ2v) is 6.21. The molecule has 0 aliphatic rings. The first-order valence-corrected chi connectivity index (χ1v) is 9.25. The molecule has 3 rings (SSSR count). The van der Waals surface area contributed by atoms with Crippen LogP contribution in [0.15, 0.2) is 47.1 Å². The van der Waals surface area contributed by atoms with E-state index in [1.165, 1.54) is 0 Å². The summed E-state index contributed by atoms with van der Waals surface area (Å²) in [5, 5.41) is 10.4. The van der Waals surface area contributed by atoms with Gasteiger partial charge in [-0.15, -0.1) is 0 Å². The molecule has 0 bridgehead atoms. The van der Waals surface area contributed by atoms with E-state index in [9.17, 15) is 4.79 Å². The average molecular weight is 397 g/mol. The van der Waals surface area contributed by atoms with Gasteiger partial charge in [-0.1, -0.05) is 13.3 Å². The number of carbonyl (C=O) groups excluding carboxylic acids is 1. The Morgan fingerprint density at radius 3 is 2.48 bits per heavy atom. The number of carbonyl (C=O) groups is 1. The number of rotatable bonds is 9. The van der Waals surface area contributed by atoms with Crippen molar-refractivity contribution >= 4 is 11.7 Å². The number of hydrogen-bond acceptors (Lipinski definition) is 7. The van der Waals surface area contributed by atoms with Gasteiger partial charge < -0.3 is 19.5 Å². The van der Waals surface area contributed by atoms with E-state index in [2.05, 4.69) is 22.6 Å². The maximum absolute atomic E-state index is 12.6. The van der Waals surface area contributed by atoms with E-state index in [0.29, 0.717) is 34.9 Å². The molecular weight excluding hydrogens is 374 g/mol. The number of amides is 1. The number of anilines is 1. The predicted molar refractivity (Wildman–Crippen MR) is 108 cm³/mol. The highest BCUT2D eigenvalue weighted by molar-refractivity contribution is 6.05. The molecule has 1 heterocycles. The highest BCUT2D eigenvalue weighted by Crippen LogP contribution is 2.34. The van der Waals surface area contributed by atoms with Crippen LogP contribution < -0.4 is 19.5 Å². The maximum Gasteiger partial charge on any atom is 0.256 e. The van der Waals surface area contributed by atoms with E-state index in [1.807, 2.05) is 0 Å². The number of unbranched alkanes of at least 4 members (excludes halogenated alkanes) is 1. The van der Waals surface area contributed by atoms with Crippen LogP contribution in [0.1, 0.15) is 30.1 Å². The van der Waals surface area contributed by atoms with Crippen LogP contribution in [0.5, 0.6) is 17.2 Å². The zero-order chi connectivity index (χ0) is 20.6. The molecule has 0 fully saturated rings. The predicted octanol–water partition coefficient (Wildman–Crippen LogP) is 4.19. The summed E-state index contributed by atoms with van der Waals surface area (Å²) in [4.78, 5) is 12.6. The topological polar surface area (TPSA) is 95.7 Å². The molecule has 0 saturated carbocycles. The Kier molecular flexibility index (Phi) is 6.67. The Morgan fingerprint density at radius 2 is 1.79 bits per heavy atom. The standard InChI is InChI=1S/C21H23N3O5/c1-4-5-12-28-16-9-6-14(7-10-16)21(25)22-20-19(23-29-24-20)15-8-11-17(26-2)18(13-15)27-3/h6-11,13H,4-5,12H2,1-3H3,(H,22,24,25). The summed E-state index contributed by atoms with van der Waals surface area (Å²) in [6.07, 6.45) is 2.05. The number of nitrogens with one attached hydrogen (secondary N) is 1. The molecule has 2 aromatic carbocycles. The summed E-state index contributed by atoms with van der Waals surface area (Å²) in [6.45, 7) is 2.76. The van der Waals surface area contributed by atoms with Crippen molar-refractivity contribution in [1.82, 2.24) is 10.3 Å². The number of methoxy groups -OCH3 is 2. The molecule has 0 spiro atoms. The Morgan fingerprint density at radius 1 is 1.03 bits per heavy atom. The molecule has 29 heavy (non-hydrogen) atoms. The lowest BCUT2D eigenvalue weighted by Gasteiger charge is -2.09. The Hall–Kier alpha value is -3.55. The van der Waals surface area contributed by atoms with Gasteiger partial charge in [0.05, 0.1) is 20.8 Å². The quantitative estimate of drug-likeness (QED) is 0.541. The van der Waals surface area contributed by atoms with Gasteiger partial charge in [-0.3, -0.25) is 4.79 Å². The lowest BCUT2D eigenvalue weighted by molar-refractivity contribution is 0.102. The fourth-order valence-corrected chi connectivity index (χ4v) is 2.66. The third-order valence-corrected chi connectivity index (χ3v) is 4.26. The monoisotopic (exact) mass is 397 g/mol. The van der Waals surface area contributed by atoms with Crippen LogP contribution in [-0.4, -0.2) is 37.0 Å². The maximum atomic E-state index is 12.6. The normalized spacial score (nSPS) is 10.4. The first kappa shape index (κ1) is 20.2. The molecule has 0 radical (unpaired) electrons. The van der Waals surface area contributed by atoms with Crippen LogP contribution in [-0.2, 0) is 0 Å². The van der Waals surface area contributed by atoms with Gasteiger partial charge in [-0.25, -0.2) is 4.63 Å². The van der Waals surface area contributed by atoms with Crippen LogP contribution >= 0.6 is 0 Å². The number of aromatic nitrogens is 2. The molecule has 0 aliphatic heterocycles. The lowest BCUT2D eigenvalue weighted by Crippen LogP contribution is -2.12. The molecule has 0 aliphatic carbocycles. The van der Waals surface area contributed by atoms with E-state index < -0.39 is 0 Å². The van der Waals surface area contributed by atoms with Crippen LogP contribution in [0.25, 0.3) is 11.3 Å². The van der Waals surface area contributed by atoms with Crippen molar-refractivity contribution in [2.75, 3.05) is 26.1 Å². The largest absolute Gasteiger partial charge is 0.494 e. The molecule has 1 N–H and O–H groups in total. The van der Waals surface area contributed by atoms with Crippen molar-refractivity contribution in [3.8, 4) is 28.5 Å². The van der Waals surface area contributed by atoms with Gasteiger partial charge in [0.1, 0.15) is 5.75 Å². The minimum absolute atomic E-state index is 0.213. The fraction of sp³-hybridized carbons (Fsp3) is 0.286. The number of nitrogens with zero attached hydrogens (tertiary/aromatic N) is 2. The van der Waals surface area contributed by atoms with E-state index in [-0.39, 0.29) is 11.7 Å². The summed E-state index contributed by atoms with van der Waals surface area (Å²) in [5.41, 5.74) is 1.52. The smallest absolute Gasteiger partial charge is 0.256 e. The number of ether oxygens (including phenoxy) is 3. The second-order valence-electron chi connectivity index (χ2n) is 6.21. The zero-order valence-corrected chi connectivity index (χ0v) is 16.6. The molecule has 152 valence electrons. The fourth-order valence-electron chi connectivity index (χ4n) is 2.66. The Balaban J connectivity index is 1.73. The van der Waals surface area contributed by atoms with Gasteiger partial charge in [0.15, 0.2) is 17.2 Å². The first-order valence-electron chi connectivity index (χ1n) is 9.25. The van der Waals surface area contributed by atoms with Gasteiger partial charge in [0.25, 0.3) is 5.91 Å². The SMILES string of the molecule is CCCCOc1ccc(C(=O)Nc2nonc2-c2ccc(OC)c(OC)c2)cc1. The summed E-state index contributed by atoms with van der Waals surface area (Å²) in [5.74, 6) is 1.72. The molecule has 0 saturated heterocycles. The first-order chi connectivity index (χ1) is 14.2. The molecule has 0 atom stereocenters. The third kappa shape index (κ3) is 4.84. The van der Waals surface area contributed by atoms with Crippen molar-refractivity contribution in [3.63, 3.8) is 0 Å². The van der Waals surface area contributed by atoms with Gasteiger partial charge >= 0.3 is 0 Å². The van der Waals surface area contributed by atoms with E-state index in [0.717, 1.165) is 18.6 Å². The molecule has 8 nitrogen and oxygen atoms in total. The number of benzene rings is 2. The van der Waals surface area contributed by atoms with Crippen molar-refractivity contribution in [1.29, 1.82) is 0 Å². The van der Waals surface area contributed by atoms with Crippen molar-refractivity contribution in [3.05, 3.63) is 48.0 Å². The summed E-state index contributed by atoms with van der Waals surface area (Å²) in [6, 6.07) is 12.2. The van der Waals surface area contributed by atoms with Gasteiger partial charge in [-0.2, -0.15) is 0 Å².